The van der Waals surface area contributed by atoms with Gasteiger partial charge in [0, 0.05) is 19.1 Å². The number of ether oxygens (including phenoxy) is 1. The van der Waals surface area contributed by atoms with Crippen LogP contribution < -0.4 is 0 Å². The molecule has 0 radical (unpaired) electrons. The Kier molecular flexibility index (Phi) is 4.39. The normalized spacial score (nSPS) is 34.1. The first-order valence-electron chi connectivity index (χ1n) is 5.94. The van der Waals surface area contributed by atoms with Gasteiger partial charge in [0.15, 0.2) is 0 Å². The molecule has 1 rings (SSSR count). The fourth-order valence-electron chi connectivity index (χ4n) is 2.25. The second kappa shape index (κ2) is 5.13. The van der Waals surface area contributed by atoms with Gasteiger partial charge in [-0.25, -0.2) is 0 Å². The highest BCUT2D eigenvalue weighted by atomic mass is 16.5. The van der Waals surface area contributed by atoms with Crippen LogP contribution >= 0.6 is 0 Å². The molecule has 0 bridgehead atoms. The number of rotatable bonds is 3. The van der Waals surface area contributed by atoms with Crippen molar-refractivity contribution >= 4 is 0 Å². The summed E-state index contributed by atoms with van der Waals surface area (Å²) in [5.74, 6) is 0.785. The molecule has 1 fully saturated rings. The summed E-state index contributed by atoms with van der Waals surface area (Å²) in [6.45, 7) is 13.5. The highest BCUT2D eigenvalue weighted by molar-refractivity contribution is 4.79. The Balaban J connectivity index is 2.50. The highest BCUT2D eigenvalue weighted by Gasteiger charge is 2.27. The molecule has 0 saturated carbocycles. The van der Waals surface area contributed by atoms with E-state index in [0.29, 0.717) is 18.2 Å². The lowest BCUT2D eigenvalue weighted by Gasteiger charge is -2.40. The fourth-order valence-corrected chi connectivity index (χ4v) is 2.25. The third kappa shape index (κ3) is 2.96. The third-order valence-corrected chi connectivity index (χ3v) is 3.49. The summed E-state index contributed by atoms with van der Waals surface area (Å²) in [4.78, 5) is 2.58. The lowest BCUT2D eigenvalue weighted by atomic mass is 9.98. The van der Waals surface area contributed by atoms with Gasteiger partial charge in [-0.3, -0.25) is 4.90 Å². The maximum Gasteiger partial charge on any atom is 0.0678 e. The van der Waals surface area contributed by atoms with E-state index in [-0.39, 0.29) is 0 Å². The molecule has 1 saturated heterocycles. The summed E-state index contributed by atoms with van der Waals surface area (Å²) >= 11 is 0. The molecule has 0 amide bonds. The third-order valence-electron chi connectivity index (χ3n) is 3.49. The summed E-state index contributed by atoms with van der Waals surface area (Å²) < 4.78 is 5.74. The van der Waals surface area contributed by atoms with Gasteiger partial charge in [-0.05, 0) is 26.7 Å². The van der Waals surface area contributed by atoms with Crippen LogP contribution in [0.25, 0.3) is 0 Å². The van der Waals surface area contributed by atoms with E-state index in [1.54, 1.807) is 0 Å². The zero-order valence-corrected chi connectivity index (χ0v) is 10.3. The molecule has 14 heavy (non-hydrogen) atoms. The van der Waals surface area contributed by atoms with Gasteiger partial charge in [0.25, 0.3) is 0 Å². The van der Waals surface area contributed by atoms with Crippen LogP contribution in [0, 0.1) is 5.92 Å². The monoisotopic (exact) mass is 199 g/mol. The van der Waals surface area contributed by atoms with Gasteiger partial charge in [-0.15, -0.1) is 0 Å². The maximum atomic E-state index is 5.74. The Morgan fingerprint density at radius 1 is 1.21 bits per heavy atom. The molecule has 0 unspecified atom stereocenters. The minimum absolute atomic E-state index is 0.394. The smallest absolute Gasteiger partial charge is 0.0678 e. The minimum atomic E-state index is 0.394. The highest BCUT2D eigenvalue weighted by Crippen LogP contribution is 2.19. The van der Waals surface area contributed by atoms with Crippen molar-refractivity contribution in [3.63, 3.8) is 0 Å². The van der Waals surface area contributed by atoms with Gasteiger partial charge in [0.1, 0.15) is 0 Å². The summed E-state index contributed by atoms with van der Waals surface area (Å²) in [5.41, 5.74) is 0. The SMILES string of the molecule is CC[C@@H](C)[C@H](C)N1C[C@@H](C)O[C@@H](C)C1. The van der Waals surface area contributed by atoms with Gasteiger partial charge >= 0.3 is 0 Å². The van der Waals surface area contributed by atoms with Crippen molar-refractivity contribution in [1.82, 2.24) is 4.90 Å². The Morgan fingerprint density at radius 2 is 1.71 bits per heavy atom. The van der Waals surface area contributed by atoms with Crippen molar-refractivity contribution in [2.75, 3.05) is 13.1 Å². The van der Waals surface area contributed by atoms with Gasteiger partial charge in [-0.1, -0.05) is 20.3 Å². The second-order valence-electron chi connectivity index (χ2n) is 4.84. The number of morpholine rings is 1. The standard InChI is InChI=1S/C12H25NO/c1-6-9(2)12(5)13-7-10(3)14-11(4)8-13/h9-12H,6-8H2,1-5H3/t9-,10-,11+,12+/m1/s1. The van der Waals surface area contributed by atoms with Gasteiger partial charge in [0.2, 0.25) is 0 Å². The van der Waals surface area contributed by atoms with E-state index in [1.165, 1.54) is 6.42 Å². The van der Waals surface area contributed by atoms with Gasteiger partial charge in [0.05, 0.1) is 12.2 Å². The number of nitrogens with zero attached hydrogens (tertiary/aromatic N) is 1. The molecule has 0 aromatic heterocycles. The van der Waals surface area contributed by atoms with E-state index >= 15 is 0 Å². The van der Waals surface area contributed by atoms with Crippen LogP contribution in [-0.2, 0) is 4.74 Å². The molecule has 0 aromatic carbocycles. The molecule has 4 atom stereocenters. The van der Waals surface area contributed by atoms with Crippen LogP contribution in [0.5, 0.6) is 0 Å². The van der Waals surface area contributed by atoms with Crippen LogP contribution in [0.3, 0.4) is 0 Å². The first-order valence-corrected chi connectivity index (χ1v) is 5.94. The van der Waals surface area contributed by atoms with Crippen molar-refractivity contribution in [2.24, 2.45) is 5.92 Å². The van der Waals surface area contributed by atoms with E-state index < -0.39 is 0 Å². The van der Waals surface area contributed by atoms with Crippen molar-refractivity contribution in [3.05, 3.63) is 0 Å². The zero-order valence-electron chi connectivity index (χ0n) is 10.3. The van der Waals surface area contributed by atoms with Crippen LogP contribution in [0.4, 0.5) is 0 Å². The lowest BCUT2D eigenvalue weighted by Crippen LogP contribution is -2.50. The quantitative estimate of drug-likeness (QED) is 0.692. The Hall–Kier alpha value is -0.0800. The van der Waals surface area contributed by atoms with Crippen LogP contribution in [0.1, 0.15) is 41.0 Å². The van der Waals surface area contributed by atoms with E-state index in [0.717, 1.165) is 19.0 Å². The molecule has 1 aliphatic heterocycles. The second-order valence-corrected chi connectivity index (χ2v) is 4.84. The zero-order chi connectivity index (χ0) is 10.7. The molecule has 0 aromatic rings. The van der Waals surface area contributed by atoms with Crippen molar-refractivity contribution in [1.29, 1.82) is 0 Å². The van der Waals surface area contributed by atoms with Crippen molar-refractivity contribution in [3.8, 4) is 0 Å². The first kappa shape index (κ1) is 12.0. The topological polar surface area (TPSA) is 12.5 Å². The largest absolute Gasteiger partial charge is 0.373 e. The molecule has 1 heterocycles. The first-order chi connectivity index (χ1) is 6.54. The van der Waals surface area contributed by atoms with E-state index in [9.17, 15) is 0 Å². The van der Waals surface area contributed by atoms with Crippen molar-refractivity contribution in [2.45, 2.75) is 59.3 Å². The molecular formula is C12H25NO. The molecule has 1 aliphatic rings. The predicted molar refractivity (Wildman–Crippen MR) is 60.5 cm³/mol. The van der Waals surface area contributed by atoms with Gasteiger partial charge in [-0.2, -0.15) is 0 Å². The Morgan fingerprint density at radius 3 is 2.14 bits per heavy atom. The van der Waals surface area contributed by atoms with Crippen LogP contribution in [0.15, 0.2) is 0 Å². The minimum Gasteiger partial charge on any atom is -0.373 e. The Bertz CT molecular complexity index is 162. The molecule has 84 valence electrons. The van der Waals surface area contributed by atoms with Gasteiger partial charge < -0.3 is 4.74 Å². The number of hydrogen-bond donors (Lipinski definition) is 0. The molecule has 2 heteroatoms. The molecular weight excluding hydrogens is 174 g/mol. The fraction of sp³-hybridized carbons (Fsp3) is 1.00. The Labute approximate surface area is 88.6 Å². The molecule has 0 aliphatic carbocycles. The summed E-state index contributed by atoms with van der Waals surface area (Å²) in [6, 6.07) is 0.689. The lowest BCUT2D eigenvalue weighted by molar-refractivity contribution is -0.0839. The maximum absolute atomic E-state index is 5.74. The average Bonchev–Trinajstić information content (AvgIpc) is 2.14. The van der Waals surface area contributed by atoms with Crippen LogP contribution in [-0.4, -0.2) is 36.2 Å². The predicted octanol–water partition coefficient (Wildman–Crippen LogP) is 2.53. The average molecular weight is 199 g/mol. The summed E-state index contributed by atoms with van der Waals surface area (Å²) in [6.07, 6.45) is 2.05. The molecule has 2 nitrogen and oxygen atoms in total. The van der Waals surface area contributed by atoms with E-state index in [4.69, 9.17) is 4.74 Å². The summed E-state index contributed by atoms with van der Waals surface area (Å²) in [5, 5.41) is 0. The number of hydrogen-bond acceptors (Lipinski definition) is 2. The van der Waals surface area contributed by atoms with E-state index in [2.05, 4.69) is 39.5 Å². The molecule has 0 spiro atoms. The summed E-state index contributed by atoms with van der Waals surface area (Å²) in [7, 11) is 0. The van der Waals surface area contributed by atoms with Crippen molar-refractivity contribution < 1.29 is 4.74 Å². The van der Waals surface area contributed by atoms with Crippen LogP contribution in [0.2, 0.25) is 0 Å². The molecule has 0 N–H and O–H groups in total. The van der Waals surface area contributed by atoms with E-state index in [1.807, 2.05) is 0 Å².